The molecule has 0 aromatic heterocycles. The van der Waals surface area contributed by atoms with E-state index in [0.717, 1.165) is 26.1 Å². The molecule has 2 saturated heterocycles. The van der Waals surface area contributed by atoms with Crippen molar-refractivity contribution in [2.75, 3.05) is 13.2 Å². The number of epoxide rings is 1. The Hall–Kier alpha value is -0.900. The quantitative estimate of drug-likeness (QED) is 0.750. The second kappa shape index (κ2) is 5.17. The van der Waals surface area contributed by atoms with Crippen LogP contribution in [0.3, 0.4) is 0 Å². The van der Waals surface area contributed by atoms with Crippen molar-refractivity contribution in [3.8, 4) is 0 Å². The molecule has 17 heavy (non-hydrogen) atoms. The van der Waals surface area contributed by atoms with Gasteiger partial charge in [-0.05, 0) is 24.8 Å². The van der Waals surface area contributed by atoms with E-state index in [4.69, 9.17) is 14.2 Å². The molecule has 2 heterocycles. The molecule has 3 rings (SSSR count). The molecule has 0 saturated carbocycles. The molecule has 1 aromatic rings. The van der Waals surface area contributed by atoms with Crippen LogP contribution in [0.15, 0.2) is 30.3 Å². The summed E-state index contributed by atoms with van der Waals surface area (Å²) in [6, 6.07) is 10.3. The first-order chi connectivity index (χ1) is 8.43. The first kappa shape index (κ1) is 11.2. The smallest absolute Gasteiger partial charge is 0.158 e. The lowest BCUT2D eigenvalue weighted by Crippen LogP contribution is -2.26. The van der Waals surface area contributed by atoms with E-state index in [1.807, 2.05) is 18.2 Å². The van der Waals surface area contributed by atoms with Crippen molar-refractivity contribution in [2.24, 2.45) is 0 Å². The largest absolute Gasteiger partial charge is 0.370 e. The highest BCUT2D eigenvalue weighted by molar-refractivity contribution is 5.19. The Morgan fingerprint density at radius 1 is 1.12 bits per heavy atom. The fourth-order valence-electron chi connectivity index (χ4n) is 2.24. The zero-order chi connectivity index (χ0) is 11.5. The molecule has 0 radical (unpaired) electrons. The standard InChI is InChI=1S/C14H18O3/c1-2-6-11(7-3-1)14(12-10-16-12)17-13-8-4-5-9-15-13/h1-3,6-7,12-14H,4-5,8-10H2. The fourth-order valence-corrected chi connectivity index (χ4v) is 2.24. The first-order valence-corrected chi connectivity index (χ1v) is 6.37. The van der Waals surface area contributed by atoms with Crippen molar-refractivity contribution < 1.29 is 14.2 Å². The summed E-state index contributed by atoms with van der Waals surface area (Å²) in [6.45, 7) is 1.62. The molecule has 1 aromatic carbocycles. The van der Waals surface area contributed by atoms with E-state index in [0.29, 0.717) is 0 Å². The predicted octanol–water partition coefficient (Wildman–Crippen LogP) is 2.67. The minimum atomic E-state index is -0.0573. The predicted molar refractivity (Wildman–Crippen MR) is 63.6 cm³/mol. The van der Waals surface area contributed by atoms with Gasteiger partial charge in [-0.2, -0.15) is 0 Å². The van der Waals surface area contributed by atoms with E-state index >= 15 is 0 Å². The maximum atomic E-state index is 6.05. The highest BCUT2D eigenvalue weighted by atomic mass is 16.7. The van der Waals surface area contributed by atoms with Gasteiger partial charge in [0.15, 0.2) is 6.29 Å². The van der Waals surface area contributed by atoms with Crippen LogP contribution >= 0.6 is 0 Å². The molecular formula is C14H18O3. The van der Waals surface area contributed by atoms with Crippen LogP contribution in [0, 0.1) is 0 Å². The van der Waals surface area contributed by atoms with E-state index in [9.17, 15) is 0 Å². The molecule has 0 bridgehead atoms. The highest BCUT2D eigenvalue weighted by Crippen LogP contribution is 2.33. The average Bonchev–Trinajstić information content (AvgIpc) is 3.23. The third-order valence-corrected chi connectivity index (χ3v) is 3.26. The Morgan fingerprint density at radius 3 is 2.59 bits per heavy atom. The van der Waals surface area contributed by atoms with Crippen LogP contribution in [0.2, 0.25) is 0 Å². The molecule has 2 fully saturated rings. The van der Waals surface area contributed by atoms with Crippen molar-refractivity contribution >= 4 is 0 Å². The van der Waals surface area contributed by atoms with Gasteiger partial charge in [0.05, 0.1) is 6.61 Å². The molecule has 0 spiro atoms. The molecule has 3 heteroatoms. The Labute approximate surface area is 102 Å². The van der Waals surface area contributed by atoms with Gasteiger partial charge in [-0.15, -0.1) is 0 Å². The minimum absolute atomic E-state index is 0.0271. The molecule has 3 nitrogen and oxygen atoms in total. The van der Waals surface area contributed by atoms with E-state index in [2.05, 4.69) is 12.1 Å². The lowest BCUT2D eigenvalue weighted by atomic mass is 10.1. The Kier molecular flexibility index (Phi) is 3.41. The molecule has 3 atom stereocenters. The number of hydrogen-bond acceptors (Lipinski definition) is 3. The summed E-state index contributed by atoms with van der Waals surface area (Å²) in [7, 11) is 0. The Balaban J connectivity index is 1.67. The third-order valence-electron chi connectivity index (χ3n) is 3.26. The van der Waals surface area contributed by atoms with E-state index in [-0.39, 0.29) is 18.5 Å². The molecule has 2 aliphatic heterocycles. The Morgan fingerprint density at radius 2 is 1.94 bits per heavy atom. The molecule has 0 N–H and O–H groups in total. The minimum Gasteiger partial charge on any atom is -0.370 e. The first-order valence-electron chi connectivity index (χ1n) is 6.37. The summed E-state index contributed by atoms with van der Waals surface area (Å²) in [5, 5.41) is 0. The summed E-state index contributed by atoms with van der Waals surface area (Å²) in [4.78, 5) is 0. The van der Waals surface area contributed by atoms with Crippen molar-refractivity contribution in [2.45, 2.75) is 37.8 Å². The van der Waals surface area contributed by atoms with E-state index in [1.54, 1.807) is 0 Å². The third kappa shape index (κ3) is 2.86. The maximum Gasteiger partial charge on any atom is 0.158 e. The van der Waals surface area contributed by atoms with Crippen LogP contribution in [0.25, 0.3) is 0 Å². The van der Waals surface area contributed by atoms with E-state index in [1.165, 1.54) is 12.0 Å². The average molecular weight is 234 g/mol. The fraction of sp³-hybridized carbons (Fsp3) is 0.571. The van der Waals surface area contributed by atoms with Crippen molar-refractivity contribution in [1.29, 1.82) is 0 Å². The number of hydrogen-bond donors (Lipinski definition) is 0. The number of ether oxygens (including phenoxy) is 3. The lowest BCUT2D eigenvalue weighted by molar-refractivity contribution is -0.193. The number of rotatable bonds is 4. The SMILES string of the molecule is c1ccc(C(OC2CCCCO2)C2CO2)cc1. The second-order valence-corrected chi connectivity index (χ2v) is 4.64. The molecule has 92 valence electrons. The van der Waals surface area contributed by atoms with Crippen LogP contribution in [0.5, 0.6) is 0 Å². The van der Waals surface area contributed by atoms with Gasteiger partial charge in [-0.1, -0.05) is 30.3 Å². The van der Waals surface area contributed by atoms with Gasteiger partial charge in [-0.25, -0.2) is 0 Å². The van der Waals surface area contributed by atoms with Crippen LogP contribution < -0.4 is 0 Å². The van der Waals surface area contributed by atoms with Gasteiger partial charge in [0, 0.05) is 6.61 Å². The molecule has 0 amide bonds. The normalized spacial score (nSPS) is 29.9. The number of benzene rings is 1. The molecular weight excluding hydrogens is 216 g/mol. The van der Waals surface area contributed by atoms with Gasteiger partial charge >= 0.3 is 0 Å². The molecule has 3 unspecified atom stereocenters. The van der Waals surface area contributed by atoms with Crippen LogP contribution in [0.1, 0.15) is 30.9 Å². The summed E-state index contributed by atoms with van der Waals surface area (Å²) in [5.74, 6) is 0. The van der Waals surface area contributed by atoms with Gasteiger partial charge in [0.25, 0.3) is 0 Å². The monoisotopic (exact) mass is 234 g/mol. The van der Waals surface area contributed by atoms with Gasteiger partial charge in [-0.3, -0.25) is 0 Å². The maximum absolute atomic E-state index is 6.05. The lowest BCUT2D eigenvalue weighted by Gasteiger charge is -2.27. The highest BCUT2D eigenvalue weighted by Gasteiger charge is 2.36. The summed E-state index contributed by atoms with van der Waals surface area (Å²) in [6.07, 6.45) is 3.52. The van der Waals surface area contributed by atoms with Crippen LogP contribution in [-0.4, -0.2) is 25.6 Å². The zero-order valence-corrected chi connectivity index (χ0v) is 9.88. The van der Waals surface area contributed by atoms with Crippen molar-refractivity contribution in [1.82, 2.24) is 0 Å². The van der Waals surface area contributed by atoms with Crippen molar-refractivity contribution in [3.63, 3.8) is 0 Å². The summed E-state index contributed by atoms with van der Waals surface area (Å²) in [5.41, 5.74) is 1.18. The van der Waals surface area contributed by atoms with Gasteiger partial charge < -0.3 is 14.2 Å². The van der Waals surface area contributed by atoms with E-state index < -0.39 is 0 Å². The van der Waals surface area contributed by atoms with Crippen LogP contribution in [-0.2, 0) is 14.2 Å². The Bertz CT molecular complexity index is 342. The van der Waals surface area contributed by atoms with Crippen molar-refractivity contribution in [3.05, 3.63) is 35.9 Å². The summed E-state index contributed by atoms with van der Waals surface area (Å²) >= 11 is 0. The zero-order valence-electron chi connectivity index (χ0n) is 9.88. The van der Waals surface area contributed by atoms with Crippen LogP contribution in [0.4, 0.5) is 0 Å². The summed E-state index contributed by atoms with van der Waals surface area (Å²) < 4.78 is 17.1. The second-order valence-electron chi connectivity index (χ2n) is 4.64. The van der Waals surface area contributed by atoms with Gasteiger partial charge in [0.1, 0.15) is 12.2 Å². The topological polar surface area (TPSA) is 31.0 Å². The van der Waals surface area contributed by atoms with Gasteiger partial charge in [0.2, 0.25) is 0 Å². The molecule has 2 aliphatic rings. The molecule has 0 aliphatic carbocycles.